The Hall–Kier alpha value is -2.59. The zero-order chi connectivity index (χ0) is 22.8. The third-order valence-electron chi connectivity index (χ3n) is 4.75. The van der Waals surface area contributed by atoms with E-state index in [1.165, 1.54) is 12.1 Å². The van der Waals surface area contributed by atoms with Gasteiger partial charge in [-0.15, -0.1) is 0 Å². The fourth-order valence-electron chi connectivity index (χ4n) is 3.26. The van der Waals surface area contributed by atoms with Gasteiger partial charge in [0, 0.05) is 11.3 Å². The zero-order valence-corrected chi connectivity index (χ0v) is 20.6. The minimum Gasteiger partial charge on any atom is -0.496 e. The maximum Gasteiger partial charge on any atom is 0.261 e. The van der Waals surface area contributed by atoms with Crippen molar-refractivity contribution in [2.24, 2.45) is 0 Å². The third kappa shape index (κ3) is 5.37. The number of rotatable bonds is 6. The highest BCUT2D eigenvalue weighted by molar-refractivity contribution is 14.1. The molecule has 0 aliphatic rings. The SMILES string of the molecule is COc1ccc(C(=O)Nc2ccc(S(=O)(=O)Nc3c(C)cc(C)cc3C)cc2)cc1I. The molecule has 0 spiro atoms. The summed E-state index contributed by atoms with van der Waals surface area (Å²) in [4.78, 5) is 12.6. The van der Waals surface area contributed by atoms with E-state index in [1.54, 1.807) is 37.4 Å². The molecule has 0 bridgehead atoms. The first kappa shape index (κ1) is 23.1. The molecule has 0 heterocycles. The molecule has 3 aromatic rings. The van der Waals surface area contributed by atoms with Gasteiger partial charge in [0.2, 0.25) is 0 Å². The molecule has 3 aromatic carbocycles. The van der Waals surface area contributed by atoms with Gasteiger partial charge >= 0.3 is 0 Å². The Morgan fingerprint density at radius 2 is 1.55 bits per heavy atom. The number of carbonyl (C=O) groups excluding carboxylic acids is 1. The van der Waals surface area contributed by atoms with E-state index >= 15 is 0 Å². The van der Waals surface area contributed by atoms with Crippen molar-refractivity contribution in [1.82, 2.24) is 0 Å². The largest absolute Gasteiger partial charge is 0.496 e. The Bertz CT molecular complexity index is 1220. The fraction of sp³-hybridized carbons (Fsp3) is 0.174. The molecular weight excluding hydrogens is 527 g/mol. The number of nitrogens with one attached hydrogen (secondary N) is 2. The summed E-state index contributed by atoms with van der Waals surface area (Å²) in [6.45, 7) is 5.71. The number of aryl methyl sites for hydroxylation is 3. The number of halogens is 1. The van der Waals surface area contributed by atoms with E-state index in [0.29, 0.717) is 22.7 Å². The molecule has 162 valence electrons. The molecule has 0 aliphatic carbocycles. The van der Waals surface area contributed by atoms with E-state index in [0.717, 1.165) is 20.3 Å². The highest BCUT2D eigenvalue weighted by atomic mass is 127. The molecule has 0 fully saturated rings. The number of carbonyl (C=O) groups is 1. The quantitative estimate of drug-likeness (QED) is 0.410. The summed E-state index contributed by atoms with van der Waals surface area (Å²) in [5, 5.41) is 2.78. The molecule has 2 N–H and O–H groups in total. The van der Waals surface area contributed by atoms with Gasteiger partial charge < -0.3 is 10.1 Å². The standard InChI is InChI=1S/C23H23IN2O4S/c1-14-11-15(2)22(16(3)12-14)26-31(28,29)19-8-6-18(7-9-19)25-23(27)17-5-10-21(30-4)20(24)13-17/h5-13,26H,1-4H3,(H,25,27). The summed E-state index contributed by atoms with van der Waals surface area (Å²) >= 11 is 2.10. The lowest BCUT2D eigenvalue weighted by Crippen LogP contribution is -2.15. The van der Waals surface area contributed by atoms with Crippen LogP contribution in [0, 0.1) is 24.3 Å². The van der Waals surface area contributed by atoms with Gasteiger partial charge in [-0.25, -0.2) is 8.42 Å². The molecule has 0 saturated carbocycles. The lowest BCUT2D eigenvalue weighted by Gasteiger charge is -2.14. The maximum atomic E-state index is 12.8. The summed E-state index contributed by atoms with van der Waals surface area (Å²) in [5.41, 5.74) is 4.35. The van der Waals surface area contributed by atoms with Crippen LogP contribution < -0.4 is 14.8 Å². The van der Waals surface area contributed by atoms with Crippen molar-refractivity contribution in [2.75, 3.05) is 17.1 Å². The van der Waals surface area contributed by atoms with Gasteiger partial charge in [-0.05, 0) is 97.0 Å². The minimum absolute atomic E-state index is 0.115. The average molecular weight is 550 g/mol. The molecule has 0 radical (unpaired) electrons. The summed E-state index contributed by atoms with van der Waals surface area (Å²) < 4.78 is 34.4. The van der Waals surface area contributed by atoms with Gasteiger partial charge in [0.05, 0.1) is 21.3 Å². The van der Waals surface area contributed by atoms with E-state index in [9.17, 15) is 13.2 Å². The second-order valence-corrected chi connectivity index (χ2v) is 10.1. The Labute approximate surface area is 196 Å². The zero-order valence-electron chi connectivity index (χ0n) is 17.6. The van der Waals surface area contributed by atoms with Crippen LogP contribution in [-0.4, -0.2) is 21.4 Å². The number of sulfonamides is 1. The normalized spacial score (nSPS) is 11.1. The van der Waals surface area contributed by atoms with Crippen LogP contribution in [0.5, 0.6) is 5.75 Å². The Balaban J connectivity index is 1.76. The number of amides is 1. The Morgan fingerprint density at radius 3 is 2.10 bits per heavy atom. The van der Waals surface area contributed by atoms with Gasteiger partial charge in [0.15, 0.2) is 0 Å². The van der Waals surface area contributed by atoms with Crippen molar-refractivity contribution in [1.29, 1.82) is 0 Å². The topological polar surface area (TPSA) is 84.5 Å². The number of hydrogen-bond acceptors (Lipinski definition) is 4. The predicted octanol–water partition coefficient (Wildman–Crippen LogP) is 5.28. The van der Waals surface area contributed by atoms with Crippen LogP contribution in [0.15, 0.2) is 59.5 Å². The van der Waals surface area contributed by atoms with Gasteiger partial charge in [-0.3, -0.25) is 9.52 Å². The van der Waals surface area contributed by atoms with Crippen LogP contribution in [0.4, 0.5) is 11.4 Å². The lowest BCUT2D eigenvalue weighted by atomic mass is 10.1. The molecule has 0 atom stereocenters. The van der Waals surface area contributed by atoms with E-state index in [2.05, 4.69) is 32.6 Å². The lowest BCUT2D eigenvalue weighted by molar-refractivity contribution is 0.102. The molecular formula is C23H23IN2O4S. The number of methoxy groups -OCH3 is 1. The number of benzene rings is 3. The van der Waals surface area contributed by atoms with Crippen molar-refractivity contribution in [3.05, 3.63) is 80.4 Å². The maximum absolute atomic E-state index is 12.8. The van der Waals surface area contributed by atoms with Crippen molar-refractivity contribution in [2.45, 2.75) is 25.7 Å². The second-order valence-electron chi connectivity index (χ2n) is 7.21. The van der Waals surface area contributed by atoms with Crippen LogP contribution in [0.25, 0.3) is 0 Å². The van der Waals surface area contributed by atoms with Gasteiger partial charge in [-0.1, -0.05) is 17.7 Å². The molecule has 0 unspecified atom stereocenters. The van der Waals surface area contributed by atoms with Gasteiger partial charge in [-0.2, -0.15) is 0 Å². The Kier molecular flexibility index (Phi) is 6.90. The van der Waals surface area contributed by atoms with Crippen LogP contribution in [0.2, 0.25) is 0 Å². The highest BCUT2D eigenvalue weighted by Crippen LogP contribution is 2.26. The van der Waals surface area contributed by atoms with Crippen molar-refractivity contribution >= 4 is 49.9 Å². The third-order valence-corrected chi connectivity index (χ3v) is 6.96. The monoisotopic (exact) mass is 550 g/mol. The molecule has 1 amide bonds. The Morgan fingerprint density at radius 1 is 0.935 bits per heavy atom. The average Bonchev–Trinajstić information content (AvgIpc) is 2.71. The van der Waals surface area contributed by atoms with E-state index in [1.807, 2.05) is 32.9 Å². The van der Waals surface area contributed by atoms with Gasteiger partial charge in [0.25, 0.3) is 15.9 Å². The van der Waals surface area contributed by atoms with E-state index in [4.69, 9.17) is 4.74 Å². The van der Waals surface area contributed by atoms with E-state index in [-0.39, 0.29) is 10.8 Å². The number of anilines is 2. The first-order chi connectivity index (χ1) is 14.6. The van der Waals surface area contributed by atoms with Crippen LogP contribution in [0.3, 0.4) is 0 Å². The molecule has 0 aliphatic heterocycles. The molecule has 0 saturated heterocycles. The van der Waals surface area contributed by atoms with Crippen molar-refractivity contribution in [3.8, 4) is 5.75 Å². The highest BCUT2D eigenvalue weighted by Gasteiger charge is 2.17. The molecule has 8 heteroatoms. The van der Waals surface area contributed by atoms with Crippen LogP contribution in [-0.2, 0) is 10.0 Å². The van der Waals surface area contributed by atoms with Crippen molar-refractivity contribution < 1.29 is 17.9 Å². The molecule has 3 rings (SSSR count). The smallest absolute Gasteiger partial charge is 0.261 e. The fourth-order valence-corrected chi connectivity index (χ4v) is 5.20. The number of ether oxygens (including phenoxy) is 1. The summed E-state index contributed by atoms with van der Waals surface area (Å²) in [7, 11) is -2.19. The number of hydrogen-bond donors (Lipinski definition) is 2. The molecule has 31 heavy (non-hydrogen) atoms. The van der Waals surface area contributed by atoms with Crippen molar-refractivity contribution in [3.63, 3.8) is 0 Å². The van der Waals surface area contributed by atoms with Gasteiger partial charge in [0.1, 0.15) is 5.75 Å². The molecule has 6 nitrogen and oxygen atoms in total. The molecule has 0 aromatic heterocycles. The predicted molar refractivity (Wildman–Crippen MR) is 132 cm³/mol. The first-order valence-electron chi connectivity index (χ1n) is 9.46. The first-order valence-corrected chi connectivity index (χ1v) is 12.0. The van der Waals surface area contributed by atoms with E-state index < -0.39 is 10.0 Å². The summed E-state index contributed by atoms with van der Waals surface area (Å²) in [5.74, 6) is 0.401. The van der Waals surface area contributed by atoms with Crippen LogP contribution >= 0.6 is 22.6 Å². The second kappa shape index (κ2) is 9.27. The summed E-state index contributed by atoms with van der Waals surface area (Å²) in [6.07, 6.45) is 0. The summed E-state index contributed by atoms with van der Waals surface area (Å²) in [6, 6.07) is 15.1. The minimum atomic E-state index is -3.76. The van der Waals surface area contributed by atoms with Crippen LogP contribution in [0.1, 0.15) is 27.0 Å².